The normalized spacial score (nSPS) is 16.5. The number of rotatable bonds is 6. The van der Waals surface area contributed by atoms with Gasteiger partial charge in [-0.2, -0.15) is 0 Å². The Balaban J connectivity index is 2.01. The number of hydrogen-bond acceptors (Lipinski definition) is 5. The molecule has 0 aliphatic carbocycles. The second kappa shape index (κ2) is 8.70. The van der Waals surface area contributed by atoms with Crippen LogP contribution in [0.4, 0.5) is 13.2 Å². The van der Waals surface area contributed by atoms with Gasteiger partial charge in [0, 0.05) is 31.7 Å². The zero-order valence-electron chi connectivity index (χ0n) is 15.8. The lowest BCUT2D eigenvalue weighted by molar-refractivity contribution is -0.274. The molecule has 2 aromatic carbocycles. The third-order valence-corrected chi connectivity index (χ3v) is 4.67. The number of methoxy groups -OCH3 is 2. The van der Waals surface area contributed by atoms with E-state index in [9.17, 15) is 13.2 Å². The lowest BCUT2D eigenvalue weighted by atomic mass is 9.95. The van der Waals surface area contributed by atoms with E-state index in [1.165, 1.54) is 12.1 Å². The number of nitrogens with zero attached hydrogens (tertiary/aromatic N) is 1. The third kappa shape index (κ3) is 4.69. The molecule has 152 valence electrons. The maximum Gasteiger partial charge on any atom is 0.573 e. The average molecular weight is 396 g/mol. The number of halogens is 3. The van der Waals surface area contributed by atoms with E-state index in [1.807, 2.05) is 18.2 Å². The van der Waals surface area contributed by atoms with Crippen molar-refractivity contribution in [2.75, 3.05) is 40.4 Å². The maximum atomic E-state index is 12.5. The van der Waals surface area contributed by atoms with Crippen LogP contribution in [0.5, 0.6) is 17.2 Å². The van der Waals surface area contributed by atoms with Crippen LogP contribution in [-0.4, -0.2) is 51.7 Å². The van der Waals surface area contributed by atoms with E-state index < -0.39 is 6.36 Å². The predicted molar refractivity (Wildman–Crippen MR) is 99.0 cm³/mol. The highest BCUT2D eigenvalue weighted by Crippen LogP contribution is 2.40. The van der Waals surface area contributed by atoms with E-state index >= 15 is 0 Å². The van der Waals surface area contributed by atoms with Crippen LogP contribution in [0.2, 0.25) is 0 Å². The largest absolute Gasteiger partial charge is 0.573 e. The molecule has 1 N–H and O–H groups in total. The van der Waals surface area contributed by atoms with Gasteiger partial charge in [-0.3, -0.25) is 4.90 Å². The Morgan fingerprint density at radius 3 is 2.21 bits per heavy atom. The monoisotopic (exact) mass is 396 g/mol. The second-order valence-electron chi connectivity index (χ2n) is 6.39. The van der Waals surface area contributed by atoms with Gasteiger partial charge in [0.15, 0.2) is 11.5 Å². The molecule has 0 spiro atoms. The summed E-state index contributed by atoms with van der Waals surface area (Å²) in [6.07, 6.45) is -4.71. The minimum Gasteiger partial charge on any atom is -0.493 e. The topological polar surface area (TPSA) is 43.0 Å². The Morgan fingerprint density at radius 1 is 0.964 bits per heavy atom. The fourth-order valence-electron chi connectivity index (χ4n) is 3.51. The molecule has 0 saturated carbocycles. The minimum absolute atomic E-state index is 0.188. The zero-order chi connectivity index (χ0) is 20.1. The van der Waals surface area contributed by atoms with E-state index in [0.717, 1.165) is 37.3 Å². The lowest BCUT2D eigenvalue weighted by Gasteiger charge is -2.36. The molecule has 0 bridgehead atoms. The van der Waals surface area contributed by atoms with Gasteiger partial charge in [0.05, 0.1) is 20.3 Å². The van der Waals surface area contributed by atoms with Crippen LogP contribution in [0.1, 0.15) is 17.2 Å². The molecule has 1 aliphatic rings. The molecule has 1 saturated heterocycles. The van der Waals surface area contributed by atoms with Crippen molar-refractivity contribution in [2.45, 2.75) is 12.4 Å². The molecule has 0 radical (unpaired) electrons. The van der Waals surface area contributed by atoms with E-state index in [2.05, 4.69) is 15.0 Å². The molecule has 1 heterocycles. The number of piperazine rings is 1. The van der Waals surface area contributed by atoms with Gasteiger partial charge in [-0.05, 0) is 23.8 Å². The Kier molecular flexibility index (Phi) is 6.31. The first-order valence-corrected chi connectivity index (χ1v) is 8.94. The number of para-hydroxylation sites is 1. The highest BCUT2D eigenvalue weighted by molar-refractivity contribution is 5.51. The summed E-state index contributed by atoms with van der Waals surface area (Å²) in [6, 6.07) is 11.5. The Morgan fingerprint density at radius 2 is 1.64 bits per heavy atom. The SMILES string of the molecule is COc1cccc([C@H](c2ccc(OC(F)(F)F)cc2)N2CCNCC2)c1OC. The van der Waals surface area contributed by atoms with Gasteiger partial charge < -0.3 is 19.5 Å². The van der Waals surface area contributed by atoms with E-state index in [1.54, 1.807) is 26.4 Å². The molecule has 28 heavy (non-hydrogen) atoms. The maximum absolute atomic E-state index is 12.5. The van der Waals surface area contributed by atoms with Crippen LogP contribution in [0.15, 0.2) is 42.5 Å². The van der Waals surface area contributed by atoms with Crippen LogP contribution < -0.4 is 19.5 Å². The number of benzene rings is 2. The summed E-state index contributed by atoms with van der Waals surface area (Å²) in [5, 5.41) is 3.32. The molecule has 2 aromatic rings. The summed E-state index contributed by atoms with van der Waals surface area (Å²) in [6.45, 7) is 3.26. The minimum atomic E-state index is -4.71. The van der Waals surface area contributed by atoms with Crippen molar-refractivity contribution in [3.8, 4) is 17.2 Å². The summed E-state index contributed by atoms with van der Waals surface area (Å²) in [7, 11) is 3.15. The molecular formula is C20H23F3N2O3. The van der Waals surface area contributed by atoms with E-state index in [-0.39, 0.29) is 11.8 Å². The fraction of sp³-hybridized carbons (Fsp3) is 0.400. The van der Waals surface area contributed by atoms with Crippen molar-refractivity contribution in [1.29, 1.82) is 0 Å². The Hall–Kier alpha value is -2.45. The lowest BCUT2D eigenvalue weighted by Crippen LogP contribution is -2.45. The van der Waals surface area contributed by atoms with Gasteiger partial charge >= 0.3 is 6.36 Å². The Bertz CT molecular complexity index is 775. The quantitative estimate of drug-likeness (QED) is 0.808. The molecule has 5 nitrogen and oxygen atoms in total. The number of nitrogens with one attached hydrogen (secondary N) is 1. The van der Waals surface area contributed by atoms with Crippen molar-refractivity contribution >= 4 is 0 Å². The summed E-state index contributed by atoms with van der Waals surface area (Å²) in [4.78, 5) is 2.27. The first-order chi connectivity index (χ1) is 13.4. The Labute approximate surface area is 162 Å². The van der Waals surface area contributed by atoms with Gasteiger partial charge in [-0.1, -0.05) is 24.3 Å². The van der Waals surface area contributed by atoms with Crippen LogP contribution in [0.25, 0.3) is 0 Å². The molecule has 0 aromatic heterocycles. The van der Waals surface area contributed by atoms with Crippen molar-refractivity contribution in [3.63, 3.8) is 0 Å². The third-order valence-electron chi connectivity index (χ3n) is 4.67. The average Bonchev–Trinajstić information content (AvgIpc) is 2.69. The summed E-state index contributed by atoms with van der Waals surface area (Å²) in [5.74, 6) is 0.981. The number of alkyl halides is 3. The van der Waals surface area contributed by atoms with Crippen LogP contribution in [0, 0.1) is 0 Å². The van der Waals surface area contributed by atoms with Gasteiger partial charge in [0.25, 0.3) is 0 Å². The molecule has 1 atom stereocenters. The van der Waals surface area contributed by atoms with Gasteiger partial charge in [-0.15, -0.1) is 13.2 Å². The van der Waals surface area contributed by atoms with Crippen molar-refractivity contribution in [3.05, 3.63) is 53.6 Å². The smallest absolute Gasteiger partial charge is 0.493 e. The van der Waals surface area contributed by atoms with Crippen LogP contribution in [0.3, 0.4) is 0 Å². The molecule has 1 fully saturated rings. The standard InChI is InChI=1S/C20H23F3N2O3/c1-26-17-5-3-4-16(19(17)27-2)18(25-12-10-24-11-13-25)14-6-8-15(9-7-14)28-20(21,22)23/h3-9,18,24H,10-13H2,1-2H3/t18-/m0/s1. The summed E-state index contributed by atoms with van der Waals surface area (Å²) in [5.41, 5.74) is 1.75. The van der Waals surface area contributed by atoms with E-state index in [4.69, 9.17) is 9.47 Å². The second-order valence-corrected chi connectivity index (χ2v) is 6.39. The van der Waals surface area contributed by atoms with Crippen LogP contribution in [-0.2, 0) is 0 Å². The molecule has 8 heteroatoms. The first kappa shape index (κ1) is 20.3. The molecule has 0 unspecified atom stereocenters. The molecule has 0 amide bonds. The summed E-state index contributed by atoms with van der Waals surface area (Å²) >= 11 is 0. The van der Waals surface area contributed by atoms with Crippen molar-refractivity contribution in [2.24, 2.45) is 0 Å². The molecule has 1 aliphatic heterocycles. The highest BCUT2D eigenvalue weighted by atomic mass is 19.4. The van der Waals surface area contributed by atoms with Crippen molar-refractivity contribution in [1.82, 2.24) is 10.2 Å². The van der Waals surface area contributed by atoms with E-state index in [0.29, 0.717) is 11.5 Å². The fourth-order valence-corrected chi connectivity index (χ4v) is 3.51. The first-order valence-electron chi connectivity index (χ1n) is 8.94. The highest BCUT2D eigenvalue weighted by Gasteiger charge is 2.32. The summed E-state index contributed by atoms with van der Waals surface area (Å²) < 4.78 is 52.4. The van der Waals surface area contributed by atoms with Gasteiger partial charge in [-0.25, -0.2) is 0 Å². The van der Waals surface area contributed by atoms with Crippen molar-refractivity contribution < 1.29 is 27.4 Å². The molecular weight excluding hydrogens is 373 g/mol. The van der Waals surface area contributed by atoms with Crippen LogP contribution >= 0.6 is 0 Å². The zero-order valence-corrected chi connectivity index (χ0v) is 15.8. The predicted octanol–water partition coefficient (Wildman–Crippen LogP) is 3.60. The van der Waals surface area contributed by atoms with Gasteiger partial charge in [0.1, 0.15) is 5.75 Å². The number of ether oxygens (including phenoxy) is 3. The number of hydrogen-bond donors (Lipinski definition) is 1. The van der Waals surface area contributed by atoms with Gasteiger partial charge in [0.2, 0.25) is 0 Å². The molecule has 3 rings (SSSR count).